The second-order valence-corrected chi connectivity index (χ2v) is 5.00. The molecule has 0 amide bonds. The zero-order valence-electron chi connectivity index (χ0n) is 11.6. The van der Waals surface area contributed by atoms with Gasteiger partial charge in [0.25, 0.3) is 0 Å². The van der Waals surface area contributed by atoms with E-state index in [1.807, 2.05) is 19.1 Å². The normalized spacial score (nSPS) is 22.8. The molecule has 0 aliphatic carbocycles. The highest BCUT2D eigenvalue weighted by atomic mass is 16.5. The van der Waals surface area contributed by atoms with Crippen LogP contribution in [0.2, 0.25) is 0 Å². The quantitative estimate of drug-likeness (QED) is 0.478. The lowest BCUT2D eigenvalue weighted by molar-refractivity contribution is -0.142. The lowest BCUT2D eigenvalue weighted by Gasteiger charge is -2.07. The van der Waals surface area contributed by atoms with E-state index < -0.39 is 0 Å². The summed E-state index contributed by atoms with van der Waals surface area (Å²) < 4.78 is 5.14. The Morgan fingerprint density at radius 1 is 1.22 bits per heavy atom. The Kier molecular flexibility index (Phi) is 6.28. The van der Waals surface area contributed by atoms with Crippen LogP contribution >= 0.6 is 0 Å². The second-order valence-electron chi connectivity index (χ2n) is 5.00. The summed E-state index contributed by atoms with van der Waals surface area (Å²) in [6.07, 6.45) is 7.13. The molecule has 0 fully saturated rings. The van der Waals surface area contributed by atoms with Crippen LogP contribution in [0.4, 0.5) is 0 Å². The first-order valence-electron chi connectivity index (χ1n) is 6.55. The molecule has 0 saturated heterocycles. The molecule has 18 heavy (non-hydrogen) atoms. The van der Waals surface area contributed by atoms with Gasteiger partial charge in [0.15, 0.2) is 0 Å². The molecule has 1 aliphatic heterocycles. The van der Waals surface area contributed by atoms with Crippen LogP contribution in [0.25, 0.3) is 0 Å². The smallest absolute Gasteiger partial charge is 0.306 e. The molecule has 2 nitrogen and oxygen atoms in total. The number of rotatable bonds is 0. The summed E-state index contributed by atoms with van der Waals surface area (Å²) >= 11 is 0. The third-order valence-corrected chi connectivity index (χ3v) is 2.81. The Morgan fingerprint density at radius 2 is 1.94 bits per heavy atom. The molecule has 1 rings (SSSR count). The molecular weight excluding hydrogens is 224 g/mol. The van der Waals surface area contributed by atoms with Gasteiger partial charge in [-0.15, -0.1) is 11.5 Å². The van der Waals surface area contributed by atoms with Gasteiger partial charge < -0.3 is 4.74 Å². The number of esters is 1. The minimum absolute atomic E-state index is 0.155. The van der Waals surface area contributed by atoms with Gasteiger partial charge in [-0.1, -0.05) is 6.92 Å². The number of hydrogen-bond donors (Lipinski definition) is 0. The van der Waals surface area contributed by atoms with Gasteiger partial charge in [0, 0.05) is 12.0 Å². The van der Waals surface area contributed by atoms with E-state index in [0.29, 0.717) is 25.4 Å². The van der Waals surface area contributed by atoms with Crippen molar-refractivity contribution in [2.24, 2.45) is 5.92 Å². The van der Waals surface area contributed by atoms with E-state index >= 15 is 0 Å². The van der Waals surface area contributed by atoms with Gasteiger partial charge in [-0.2, -0.15) is 0 Å². The SMILES string of the molecule is CC1=C=CCC(C)CC(C)=C=CCCC(=O)OC1. The highest BCUT2D eigenvalue weighted by Crippen LogP contribution is 2.14. The van der Waals surface area contributed by atoms with Crippen molar-refractivity contribution in [3.05, 3.63) is 34.8 Å². The minimum atomic E-state index is -0.155. The largest absolute Gasteiger partial charge is 0.460 e. The van der Waals surface area contributed by atoms with Gasteiger partial charge in [-0.05, 0) is 56.8 Å². The minimum Gasteiger partial charge on any atom is -0.460 e. The van der Waals surface area contributed by atoms with E-state index in [9.17, 15) is 4.79 Å². The molecule has 0 N–H and O–H groups in total. The zero-order valence-corrected chi connectivity index (χ0v) is 11.6. The number of carbonyl (C=O) groups is 1. The average molecular weight is 246 g/mol. The maximum Gasteiger partial charge on any atom is 0.306 e. The molecule has 0 aromatic carbocycles. The van der Waals surface area contributed by atoms with Crippen molar-refractivity contribution in [2.75, 3.05) is 6.61 Å². The van der Waals surface area contributed by atoms with E-state index in [0.717, 1.165) is 18.4 Å². The Hall–Kier alpha value is -1.49. The van der Waals surface area contributed by atoms with Gasteiger partial charge in [0.1, 0.15) is 6.61 Å². The second kappa shape index (κ2) is 7.76. The molecule has 1 aliphatic rings. The molecule has 0 aromatic rings. The molecular formula is C16H22O2. The van der Waals surface area contributed by atoms with E-state index in [2.05, 4.69) is 25.3 Å². The van der Waals surface area contributed by atoms with E-state index in [1.54, 1.807) is 0 Å². The van der Waals surface area contributed by atoms with Crippen LogP contribution < -0.4 is 0 Å². The van der Waals surface area contributed by atoms with Crippen LogP contribution in [-0.4, -0.2) is 12.6 Å². The fourth-order valence-corrected chi connectivity index (χ4v) is 1.84. The van der Waals surface area contributed by atoms with Crippen LogP contribution in [0, 0.1) is 5.92 Å². The fourth-order valence-electron chi connectivity index (χ4n) is 1.84. The maximum atomic E-state index is 11.4. The Bertz CT molecular complexity index is 416. The van der Waals surface area contributed by atoms with Crippen molar-refractivity contribution in [1.29, 1.82) is 0 Å². The number of cyclic esters (lactones) is 1. The number of allylic oxidation sites excluding steroid dienone is 1. The van der Waals surface area contributed by atoms with Gasteiger partial charge in [-0.25, -0.2) is 0 Å². The summed E-state index contributed by atoms with van der Waals surface area (Å²) in [5.41, 5.74) is 8.63. The van der Waals surface area contributed by atoms with Crippen molar-refractivity contribution in [3.63, 3.8) is 0 Å². The van der Waals surface area contributed by atoms with Crippen LogP contribution in [0.15, 0.2) is 34.8 Å². The maximum absolute atomic E-state index is 11.4. The van der Waals surface area contributed by atoms with Gasteiger partial charge in [0.05, 0.1) is 0 Å². The third-order valence-electron chi connectivity index (χ3n) is 2.81. The zero-order chi connectivity index (χ0) is 13.4. The predicted molar refractivity (Wildman–Crippen MR) is 73.1 cm³/mol. The molecule has 2 heteroatoms. The van der Waals surface area contributed by atoms with E-state index in [1.165, 1.54) is 5.57 Å². The molecule has 0 saturated carbocycles. The topological polar surface area (TPSA) is 26.3 Å². The predicted octanol–water partition coefficient (Wildman–Crippen LogP) is 3.94. The monoisotopic (exact) mass is 246 g/mol. The van der Waals surface area contributed by atoms with Gasteiger partial charge in [0.2, 0.25) is 0 Å². The van der Waals surface area contributed by atoms with E-state index in [4.69, 9.17) is 4.74 Å². The van der Waals surface area contributed by atoms with Crippen LogP contribution in [-0.2, 0) is 9.53 Å². The number of hydrogen-bond acceptors (Lipinski definition) is 2. The average Bonchev–Trinajstić information content (AvgIpc) is 2.31. The van der Waals surface area contributed by atoms with Crippen molar-refractivity contribution < 1.29 is 9.53 Å². The lowest BCUT2D eigenvalue weighted by Crippen LogP contribution is -2.05. The Morgan fingerprint density at radius 3 is 2.72 bits per heavy atom. The molecule has 0 spiro atoms. The number of ether oxygens (including phenoxy) is 1. The molecule has 0 bridgehead atoms. The van der Waals surface area contributed by atoms with Crippen molar-refractivity contribution in [1.82, 2.24) is 0 Å². The standard InChI is InChI=1S/C16H22O2/c1-13-7-4-5-10-16(17)18-12-15(3)9-6-8-14(2)11-13/h4,6,14H,5,8,10-12H2,1-3H3. The fraction of sp³-hybridized carbons (Fsp3) is 0.562. The van der Waals surface area contributed by atoms with Crippen molar-refractivity contribution in [3.8, 4) is 0 Å². The molecule has 0 radical (unpaired) electrons. The Labute approximate surface area is 110 Å². The molecule has 0 aromatic heterocycles. The first kappa shape index (κ1) is 14.6. The van der Waals surface area contributed by atoms with Crippen LogP contribution in [0.5, 0.6) is 0 Å². The summed E-state index contributed by atoms with van der Waals surface area (Å²) in [7, 11) is 0. The summed E-state index contributed by atoms with van der Waals surface area (Å²) in [6.45, 7) is 6.60. The first-order chi connectivity index (χ1) is 8.58. The summed E-state index contributed by atoms with van der Waals surface area (Å²) in [5.74, 6) is 0.439. The highest BCUT2D eigenvalue weighted by molar-refractivity contribution is 5.69. The van der Waals surface area contributed by atoms with Crippen molar-refractivity contribution >= 4 is 5.97 Å². The van der Waals surface area contributed by atoms with Crippen LogP contribution in [0.3, 0.4) is 0 Å². The van der Waals surface area contributed by atoms with Crippen molar-refractivity contribution in [2.45, 2.75) is 46.5 Å². The Balaban J connectivity index is 2.77. The molecule has 1 heterocycles. The summed E-state index contributed by atoms with van der Waals surface area (Å²) in [5, 5.41) is 0. The molecule has 1 unspecified atom stereocenters. The first-order valence-corrected chi connectivity index (χ1v) is 6.55. The summed E-state index contributed by atoms with van der Waals surface area (Å²) in [6, 6.07) is 0. The van der Waals surface area contributed by atoms with Crippen LogP contribution in [0.1, 0.15) is 46.5 Å². The summed E-state index contributed by atoms with van der Waals surface area (Å²) in [4.78, 5) is 11.4. The molecule has 98 valence electrons. The van der Waals surface area contributed by atoms with Gasteiger partial charge in [-0.3, -0.25) is 4.79 Å². The molecule has 1 atom stereocenters. The number of carbonyl (C=O) groups excluding carboxylic acids is 1. The van der Waals surface area contributed by atoms with E-state index in [-0.39, 0.29) is 5.97 Å². The third kappa shape index (κ3) is 6.30. The highest BCUT2D eigenvalue weighted by Gasteiger charge is 2.03. The lowest BCUT2D eigenvalue weighted by atomic mass is 9.99. The van der Waals surface area contributed by atoms with Gasteiger partial charge >= 0.3 is 5.97 Å².